The summed E-state index contributed by atoms with van der Waals surface area (Å²) >= 11 is 10.5. The molecule has 18 heavy (non-hydrogen) atoms. The largest absolute Gasteiger partial charge is 0.368 e. The van der Waals surface area contributed by atoms with Crippen LogP contribution in [0.1, 0.15) is 59.8 Å². The van der Waals surface area contributed by atoms with Gasteiger partial charge in [0.25, 0.3) is 0 Å². The van der Waals surface area contributed by atoms with E-state index in [2.05, 4.69) is 43.6 Å². The molecule has 0 radical (unpaired) electrons. The molecule has 6 atom stereocenters. The summed E-state index contributed by atoms with van der Waals surface area (Å²) in [4.78, 5) is 0.301. The number of halogens is 2. The molecule has 0 amide bonds. The Balaban J connectivity index is 1.97. The third-order valence-corrected chi connectivity index (χ3v) is 8.66. The van der Waals surface area contributed by atoms with Crippen molar-refractivity contribution in [3.63, 3.8) is 0 Å². The van der Waals surface area contributed by atoms with E-state index in [4.69, 9.17) is 16.3 Å². The predicted octanol–water partition coefficient (Wildman–Crippen LogP) is 4.90. The second kappa shape index (κ2) is 3.68. The van der Waals surface area contributed by atoms with E-state index in [1.807, 2.05) is 0 Å². The molecule has 6 unspecified atom stereocenters. The first-order valence-electron chi connectivity index (χ1n) is 7.18. The SMILES string of the molecule is CC1C2(C)CCC(C)(O2)C12CCC(C)(Cl)C(Br)C2. The minimum absolute atomic E-state index is 0.0700. The van der Waals surface area contributed by atoms with Gasteiger partial charge in [-0.1, -0.05) is 22.9 Å². The summed E-state index contributed by atoms with van der Waals surface area (Å²) < 4.78 is 6.51. The fourth-order valence-electron chi connectivity index (χ4n) is 4.93. The first-order valence-corrected chi connectivity index (χ1v) is 8.48. The van der Waals surface area contributed by atoms with Gasteiger partial charge in [0, 0.05) is 10.2 Å². The van der Waals surface area contributed by atoms with E-state index in [9.17, 15) is 0 Å². The lowest BCUT2D eigenvalue weighted by atomic mass is 9.51. The molecule has 3 fully saturated rings. The molecule has 1 spiro atoms. The molecule has 1 aliphatic carbocycles. The maximum atomic E-state index is 6.63. The smallest absolute Gasteiger partial charge is 0.0723 e. The quantitative estimate of drug-likeness (QED) is 0.572. The normalized spacial score (nSPS) is 63.7. The number of fused-ring (bicyclic) bond motifs is 3. The Morgan fingerprint density at radius 2 is 1.78 bits per heavy atom. The molecular formula is C15H24BrClO. The van der Waals surface area contributed by atoms with Crippen molar-refractivity contribution >= 4 is 27.5 Å². The van der Waals surface area contributed by atoms with Gasteiger partial charge in [-0.15, -0.1) is 11.6 Å². The molecule has 2 heterocycles. The number of alkyl halides is 2. The summed E-state index contributed by atoms with van der Waals surface area (Å²) in [6, 6.07) is 0. The molecule has 0 aromatic carbocycles. The van der Waals surface area contributed by atoms with Crippen LogP contribution in [0, 0.1) is 11.3 Å². The van der Waals surface area contributed by atoms with E-state index in [1.165, 1.54) is 19.3 Å². The van der Waals surface area contributed by atoms with Crippen LogP contribution in [0.3, 0.4) is 0 Å². The zero-order chi connectivity index (χ0) is 13.4. The zero-order valence-electron chi connectivity index (χ0n) is 11.9. The van der Waals surface area contributed by atoms with Gasteiger partial charge >= 0.3 is 0 Å². The second-order valence-electron chi connectivity index (χ2n) is 7.47. The highest BCUT2D eigenvalue weighted by Gasteiger charge is 2.70. The van der Waals surface area contributed by atoms with Gasteiger partial charge in [-0.05, 0) is 58.8 Å². The Morgan fingerprint density at radius 1 is 1.11 bits per heavy atom. The third kappa shape index (κ3) is 1.49. The van der Waals surface area contributed by atoms with Crippen LogP contribution < -0.4 is 0 Å². The van der Waals surface area contributed by atoms with E-state index >= 15 is 0 Å². The zero-order valence-corrected chi connectivity index (χ0v) is 14.2. The van der Waals surface area contributed by atoms with Crippen molar-refractivity contribution in [1.29, 1.82) is 0 Å². The number of hydrogen-bond donors (Lipinski definition) is 0. The van der Waals surface area contributed by atoms with Crippen LogP contribution in [-0.4, -0.2) is 20.9 Å². The van der Waals surface area contributed by atoms with Crippen LogP contribution in [-0.2, 0) is 4.74 Å². The molecule has 0 N–H and O–H groups in total. The lowest BCUT2D eigenvalue weighted by molar-refractivity contribution is -0.0718. The fourth-order valence-corrected chi connectivity index (χ4v) is 5.91. The molecule has 3 rings (SSSR count). The van der Waals surface area contributed by atoms with Crippen LogP contribution in [0.2, 0.25) is 0 Å². The highest BCUT2D eigenvalue weighted by Crippen LogP contribution is 2.69. The summed E-state index contributed by atoms with van der Waals surface area (Å²) in [5, 5.41) is 0. The molecule has 0 aromatic rings. The van der Waals surface area contributed by atoms with Gasteiger partial charge < -0.3 is 4.74 Å². The van der Waals surface area contributed by atoms with Crippen molar-refractivity contribution in [3.8, 4) is 0 Å². The monoisotopic (exact) mass is 334 g/mol. The molecule has 3 heteroatoms. The van der Waals surface area contributed by atoms with E-state index in [0.29, 0.717) is 16.2 Å². The first-order chi connectivity index (χ1) is 8.15. The van der Waals surface area contributed by atoms with Crippen LogP contribution >= 0.6 is 27.5 Å². The Morgan fingerprint density at radius 3 is 2.28 bits per heavy atom. The van der Waals surface area contributed by atoms with Crippen molar-refractivity contribution in [2.45, 2.75) is 80.7 Å². The van der Waals surface area contributed by atoms with E-state index in [0.717, 1.165) is 12.8 Å². The van der Waals surface area contributed by atoms with Gasteiger partial charge in [0.15, 0.2) is 0 Å². The van der Waals surface area contributed by atoms with E-state index in [1.54, 1.807) is 0 Å². The van der Waals surface area contributed by atoms with Crippen molar-refractivity contribution in [2.24, 2.45) is 11.3 Å². The van der Waals surface area contributed by atoms with Gasteiger partial charge in [0.1, 0.15) is 0 Å². The van der Waals surface area contributed by atoms with Crippen molar-refractivity contribution in [1.82, 2.24) is 0 Å². The first kappa shape index (κ1) is 13.7. The standard InChI is InChI=1S/C15H24BrClO/c1-10-13(3)6-7-14(4,18-13)15(10)8-5-12(2,17)11(16)9-15/h10-11H,5-9H2,1-4H3. The fraction of sp³-hybridized carbons (Fsp3) is 1.00. The number of hydrogen-bond acceptors (Lipinski definition) is 1. The molecular weight excluding hydrogens is 312 g/mol. The lowest BCUT2D eigenvalue weighted by Gasteiger charge is -2.54. The summed E-state index contributed by atoms with van der Waals surface area (Å²) in [6.07, 6.45) is 5.89. The van der Waals surface area contributed by atoms with Crippen molar-refractivity contribution in [3.05, 3.63) is 0 Å². The summed E-state index contributed by atoms with van der Waals surface area (Å²) in [5.41, 5.74) is 0.491. The van der Waals surface area contributed by atoms with Crippen LogP contribution in [0.5, 0.6) is 0 Å². The average Bonchev–Trinajstić information content (AvgIpc) is 2.66. The summed E-state index contributed by atoms with van der Waals surface area (Å²) in [7, 11) is 0. The molecule has 2 bridgehead atoms. The molecule has 0 aromatic heterocycles. The van der Waals surface area contributed by atoms with Gasteiger partial charge in [0.2, 0.25) is 0 Å². The lowest BCUT2D eigenvalue weighted by Crippen LogP contribution is -2.55. The van der Waals surface area contributed by atoms with Gasteiger partial charge in [0.05, 0.1) is 16.1 Å². The van der Waals surface area contributed by atoms with E-state index < -0.39 is 0 Å². The van der Waals surface area contributed by atoms with E-state index in [-0.39, 0.29) is 16.1 Å². The highest BCUT2D eigenvalue weighted by atomic mass is 79.9. The van der Waals surface area contributed by atoms with Crippen molar-refractivity contribution < 1.29 is 4.74 Å². The van der Waals surface area contributed by atoms with Gasteiger partial charge in [-0.25, -0.2) is 0 Å². The maximum absolute atomic E-state index is 6.63. The topological polar surface area (TPSA) is 9.23 Å². The highest BCUT2D eigenvalue weighted by molar-refractivity contribution is 9.09. The molecule has 3 aliphatic rings. The minimum Gasteiger partial charge on any atom is -0.368 e. The summed E-state index contributed by atoms with van der Waals surface area (Å²) in [6.45, 7) is 9.23. The molecule has 104 valence electrons. The third-order valence-electron chi connectivity index (χ3n) is 6.61. The second-order valence-corrected chi connectivity index (χ2v) is 9.44. The summed E-state index contributed by atoms with van der Waals surface area (Å²) in [5.74, 6) is 0.636. The molecule has 2 aliphatic heterocycles. The minimum atomic E-state index is -0.0932. The molecule has 2 saturated heterocycles. The molecule has 1 saturated carbocycles. The predicted molar refractivity (Wildman–Crippen MR) is 79.6 cm³/mol. The number of ether oxygens (including phenoxy) is 1. The Kier molecular flexibility index (Phi) is 2.80. The van der Waals surface area contributed by atoms with Gasteiger partial charge in [-0.2, -0.15) is 0 Å². The Hall–Kier alpha value is 0.730. The maximum Gasteiger partial charge on any atom is 0.0723 e. The molecule has 1 nitrogen and oxygen atoms in total. The van der Waals surface area contributed by atoms with Crippen molar-refractivity contribution in [2.75, 3.05) is 0 Å². The Labute approximate surface area is 124 Å². The Bertz CT molecular complexity index is 385. The van der Waals surface area contributed by atoms with Crippen LogP contribution in [0.4, 0.5) is 0 Å². The van der Waals surface area contributed by atoms with Crippen LogP contribution in [0.15, 0.2) is 0 Å². The number of rotatable bonds is 0. The van der Waals surface area contributed by atoms with Gasteiger partial charge in [-0.3, -0.25) is 0 Å². The van der Waals surface area contributed by atoms with Crippen LogP contribution in [0.25, 0.3) is 0 Å². The average molecular weight is 336 g/mol.